The molecular weight excluding hydrogens is 1200 g/mol. The molecule has 0 aliphatic carbocycles. The fraction of sp³-hybridized carbons (Fsp3) is 0.944. The SMILES string of the molecule is CCCCCCCCCCCCCCCCCCCCCCCCC(=O)O[C@H](COC(=O)CCCCCCCCCCCCC(C)C)COP(=O)(O)OC[C@@H](O)COP(=O)(O)OC[C@@H](COC(=O)CCCCCCC)OC(=O)CCCCCCCCCCCCC. The maximum Gasteiger partial charge on any atom is 0.472 e. The number of phosphoric acid groups is 2. The van der Waals surface area contributed by atoms with Gasteiger partial charge in [-0.15, -0.1) is 0 Å². The zero-order valence-electron chi connectivity index (χ0n) is 59.0. The molecule has 0 radical (unpaired) electrons. The second-order valence-corrected chi connectivity index (χ2v) is 29.4. The lowest BCUT2D eigenvalue weighted by atomic mass is 10.0. The van der Waals surface area contributed by atoms with Gasteiger partial charge in [0.25, 0.3) is 0 Å². The van der Waals surface area contributed by atoms with Crippen molar-refractivity contribution in [3.8, 4) is 0 Å². The van der Waals surface area contributed by atoms with E-state index in [1.807, 2.05) is 0 Å². The zero-order valence-corrected chi connectivity index (χ0v) is 60.8. The minimum atomic E-state index is -4.95. The predicted octanol–water partition coefficient (Wildman–Crippen LogP) is 20.9. The highest BCUT2D eigenvalue weighted by Crippen LogP contribution is 2.45. The average molecular weight is 1340 g/mol. The summed E-state index contributed by atoms with van der Waals surface area (Å²) in [6.07, 6.45) is 53.3. The number of hydrogen-bond acceptors (Lipinski definition) is 15. The van der Waals surface area contributed by atoms with Gasteiger partial charge in [-0.2, -0.15) is 0 Å². The van der Waals surface area contributed by atoms with Crippen molar-refractivity contribution < 1.29 is 80.2 Å². The van der Waals surface area contributed by atoms with Crippen LogP contribution in [0.1, 0.15) is 375 Å². The van der Waals surface area contributed by atoms with Crippen LogP contribution in [0, 0.1) is 5.92 Å². The molecule has 0 saturated heterocycles. The Morgan fingerprint density at radius 3 is 0.747 bits per heavy atom. The molecule has 0 aromatic rings. The van der Waals surface area contributed by atoms with E-state index in [2.05, 4.69) is 34.6 Å². The van der Waals surface area contributed by atoms with Gasteiger partial charge in [0, 0.05) is 25.7 Å². The third-order valence-corrected chi connectivity index (χ3v) is 18.7. The summed E-state index contributed by atoms with van der Waals surface area (Å²) in [6, 6.07) is 0. The molecular formula is C72H140O17P2. The number of carbonyl (C=O) groups is 4. The van der Waals surface area contributed by atoms with Gasteiger partial charge in [0.2, 0.25) is 0 Å². The van der Waals surface area contributed by atoms with Gasteiger partial charge in [-0.25, -0.2) is 9.13 Å². The average Bonchev–Trinajstić information content (AvgIpc) is 3.48. The Hall–Kier alpha value is -1.94. The van der Waals surface area contributed by atoms with Crippen LogP contribution < -0.4 is 0 Å². The smallest absolute Gasteiger partial charge is 0.462 e. The molecule has 0 spiro atoms. The van der Waals surface area contributed by atoms with Crippen molar-refractivity contribution in [1.82, 2.24) is 0 Å². The van der Waals surface area contributed by atoms with Crippen LogP contribution >= 0.6 is 15.6 Å². The number of aliphatic hydroxyl groups excluding tert-OH is 1. The summed E-state index contributed by atoms with van der Waals surface area (Å²) in [5.74, 6) is -1.37. The van der Waals surface area contributed by atoms with Crippen LogP contribution in [0.3, 0.4) is 0 Å². The third kappa shape index (κ3) is 66.5. The van der Waals surface area contributed by atoms with Gasteiger partial charge < -0.3 is 33.8 Å². The molecule has 0 heterocycles. The quantitative estimate of drug-likeness (QED) is 0.0222. The monoisotopic (exact) mass is 1340 g/mol. The van der Waals surface area contributed by atoms with Crippen molar-refractivity contribution in [2.24, 2.45) is 5.92 Å². The van der Waals surface area contributed by atoms with Crippen LogP contribution in [0.5, 0.6) is 0 Å². The van der Waals surface area contributed by atoms with E-state index < -0.39 is 97.5 Å². The Labute approximate surface area is 556 Å². The van der Waals surface area contributed by atoms with Gasteiger partial charge in [0.1, 0.15) is 19.3 Å². The molecule has 3 N–H and O–H groups in total. The van der Waals surface area contributed by atoms with Crippen molar-refractivity contribution in [2.45, 2.75) is 393 Å². The molecule has 17 nitrogen and oxygen atoms in total. The standard InChI is InChI=1S/C72H140O17P2/c1-6-9-12-15-17-19-21-22-23-24-25-26-27-28-29-30-31-33-39-43-48-53-58-72(77)89-68(62-83-70(75)56-51-46-41-37-35-34-36-40-45-49-54-65(4)5)64-87-91(80,81)85-60-66(73)59-84-90(78,79)86-63-67(61-82-69(74)55-50-44-14-11-8-3)88-71(76)57-52-47-42-38-32-20-18-16-13-10-7-2/h65-68,73H,6-64H2,1-5H3,(H,78,79)(H,80,81)/t66-,67+,68+/m0/s1. The minimum absolute atomic E-state index is 0.106. The molecule has 0 amide bonds. The first-order valence-electron chi connectivity index (χ1n) is 37.6. The molecule has 91 heavy (non-hydrogen) atoms. The minimum Gasteiger partial charge on any atom is -0.462 e. The molecule has 0 aromatic carbocycles. The highest BCUT2D eigenvalue weighted by atomic mass is 31.2. The molecule has 0 rings (SSSR count). The van der Waals surface area contributed by atoms with E-state index in [0.717, 1.165) is 102 Å². The van der Waals surface area contributed by atoms with Crippen molar-refractivity contribution in [3.05, 3.63) is 0 Å². The molecule has 0 saturated carbocycles. The second kappa shape index (κ2) is 65.4. The van der Waals surface area contributed by atoms with Crippen molar-refractivity contribution in [3.63, 3.8) is 0 Å². The van der Waals surface area contributed by atoms with Gasteiger partial charge in [0.15, 0.2) is 12.2 Å². The maximum atomic E-state index is 13.0. The summed E-state index contributed by atoms with van der Waals surface area (Å²) in [5.41, 5.74) is 0. The summed E-state index contributed by atoms with van der Waals surface area (Å²) in [6.45, 7) is 7.16. The summed E-state index contributed by atoms with van der Waals surface area (Å²) >= 11 is 0. The molecule has 19 heteroatoms. The van der Waals surface area contributed by atoms with Gasteiger partial charge in [-0.3, -0.25) is 37.3 Å². The predicted molar refractivity (Wildman–Crippen MR) is 368 cm³/mol. The largest absolute Gasteiger partial charge is 0.472 e. The van der Waals surface area contributed by atoms with Crippen LogP contribution in [0.4, 0.5) is 0 Å². The molecule has 0 aliphatic rings. The number of rotatable bonds is 72. The molecule has 0 aromatic heterocycles. The lowest BCUT2D eigenvalue weighted by Gasteiger charge is -2.21. The summed E-state index contributed by atoms with van der Waals surface area (Å²) in [4.78, 5) is 72.3. The van der Waals surface area contributed by atoms with Crippen LogP contribution in [0.2, 0.25) is 0 Å². The number of phosphoric ester groups is 2. The molecule has 0 aliphatic heterocycles. The molecule has 540 valence electrons. The summed E-state index contributed by atoms with van der Waals surface area (Å²) in [5, 5.41) is 10.6. The van der Waals surface area contributed by atoms with E-state index in [-0.39, 0.29) is 25.7 Å². The fourth-order valence-corrected chi connectivity index (χ4v) is 12.6. The van der Waals surface area contributed by atoms with E-state index in [0.29, 0.717) is 25.7 Å². The Kier molecular flexibility index (Phi) is 64.0. The Balaban J connectivity index is 5.09. The third-order valence-electron chi connectivity index (χ3n) is 16.8. The topological polar surface area (TPSA) is 237 Å². The lowest BCUT2D eigenvalue weighted by Crippen LogP contribution is -2.30. The lowest BCUT2D eigenvalue weighted by molar-refractivity contribution is -0.161. The van der Waals surface area contributed by atoms with Crippen molar-refractivity contribution >= 4 is 39.5 Å². The van der Waals surface area contributed by atoms with Crippen LogP contribution in [-0.2, 0) is 65.4 Å². The van der Waals surface area contributed by atoms with Crippen molar-refractivity contribution in [1.29, 1.82) is 0 Å². The first-order chi connectivity index (χ1) is 44.0. The first-order valence-corrected chi connectivity index (χ1v) is 40.6. The second-order valence-electron chi connectivity index (χ2n) is 26.5. The molecule has 0 bridgehead atoms. The summed E-state index contributed by atoms with van der Waals surface area (Å²) < 4.78 is 68.1. The zero-order chi connectivity index (χ0) is 67.0. The van der Waals surface area contributed by atoms with E-state index in [1.54, 1.807) is 0 Å². The highest BCUT2D eigenvalue weighted by Gasteiger charge is 2.30. The number of carbonyl (C=O) groups excluding carboxylic acids is 4. The van der Waals surface area contributed by atoms with Gasteiger partial charge in [-0.05, 0) is 31.6 Å². The number of esters is 4. The van der Waals surface area contributed by atoms with Crippen LogP contribution in [0.25, 0.3) is 0 Å². The number of ether oxygens (including phenoxy) is 4. The molecule has 5 atom stereocenters. The van der Waals surface area contributed by atoms with E-state index in [1.165, 1.54) is 193 Å². The van der Waals surface area contributed by atoms with E-state index >= 15 is 0 Å². The van der Waals surface area contributed by atoms with Gasteiger partial charge in [0.05, 0.1) is 26.4 Å². The van der Waals surface area contributed by atoms with Gasteiger partial charge in [-0.1, -0.05) is 324 Å². The number of unbranched alkanes of at least 4 members (excludes halogenated alkanes) is 44. The normalized spacial score (nSPS) is 14.0. The molecule has 0 fully saturated rings. The van der Waals surface area contributed by atoms with E-state index in [9.17, 15) is 43.2 Å². The first kappa shape index (κ1) is 89.1. The van der Waals surface area contributed by atoms with Gasteiger partial charge >= 0.3 is 39.5 Å². The Bertz CT molecular complexity index is 1750. The number of hydrogen-bond donors (Lipinski definition) is 3. The molecule has 2 unspecified atom stereocenters. The van der Waals surface area contributed by atoms with E-state index in [4.69, 9.17) is 37.0 Å². The highest BCUT2D eigenvalue weighted by molar-refractivity contribution is 7.47. The Morgan fingerprint density at radius 1 is 0.297 bits per heavy atom. The number of aliphatic hydroxyl groups is 1. The fourth-order valence-electron chi connectivity index (χ4n) is 11.0. The van der Waals surface area contributed by atoms with Crippen LogP contribution in [-0.4, -0.2) is 96.7 Å². The maximum absolute atomic E-state index is 13.0. The van der Waals surface area contributed by atoms with Crippen LogP contribution in [0.15, 0.2) is 0 Å². The Morgan fingerprint density at radius 2 is 0.505 bits per heavy atom. The van der Waals surface area contributed by atoms with Crippen molar-refractivity contribution in [2.75, 3.05) is 39.6 Å². The summed E-state index contributed by atoms with van der Waals surface area (Å²) in [7, 11) is -9.89.